The maximum Gasteiger partial charge on any atom is 2.00 e. The molecule has 0 aliphatic heterocycles. The molecule has 17 heteroatoms. The van der Waals surface area contributed by atoms with Crippen molar-refractivity contribution >= 4 is 70.8 Å². The molecule has 4 unspecified atom stereocenters. The monoisotopic (exact) mass is 356 g/mol. The van der Waals surface area contributed by atoms with Crippen LogP contribution < -0.4 is 21.6 Å². The summed E-state index contributed by atoms with van der Waals surface area (Å²) >= 11 is 0. The fourth-order valence-corrected chi connectivity index (χ4v) is 1.33. The smallest absolute Gasteiger partial charge is 0.563 e. The summed E-state index contributed by atoms with van der Waals surface area (Å²) in [6.45, 7) is 0. The predicted octanol–water partition coefficient (Wildman–Crippen LogP) is -1.24. The van der Waals surface area contributed by atoms with E-state index in [0.717, 1.165) is 0 Å². The molecule has 0 saturated carbocycles. The molecule has 12 nitrogen and oxygen atoms in total. The number of hydrogen-bond acceptors (Lipinski definition) is 12. The van der Waals surface area contributed by atoms with Crippen LogP contribution in [-0.4, -0.2) is 37.7 Å². The van der Waals surface area contributed by atoms with E-state index in [9.17, 15) is 28.0 Å². The molecule has 0 rings (SSSR count). The second-order valence-electron chi connectivity index (χ2n) is 1.27. The van der Waals surface area contributed by atoms with Gasteiger partial charge < -0.3 is 9.79 Å². The zero-order chi connectivity index (χ0) is 13.1. The molecule has 0 bridgehead atoms. The molecular weight excluding hydrogens is 352 g/mol. The maximum atomic E-state index is 9.82. The molecule has 92 valence electrons. The first-order valence-corrected chi connectivity index (χ1v) is 7.04. The van der Waals surface area contributed by atoms with Crippen molar-refractivity contribution in [1.29, 1.82) is 0 Å². The molecule has 0 saturated heterocycles. The van der Waals surface area contributed by atoms with Gasteiger partial charge in [0.05, 0.1) is 0 Å². The first-order chi connectivity index (χ1) is 7.33. The van der Waals surface area contributed by atoms with Gasteiger partial charge in [0.25, 0.3) is 0 Å². The van der Waals surface area contributed by atoms with E-state index < -0.39 is 33.0 Å². The summed E-state index contributed by atoms with van der Waals surface area (Å²) in [6.07, 6.45) is 0. The summed E-state index contributed by atoms with van der Waals surface area (Å²) in [5, 5.41) is 0. The van der Waals surface area contributed by atoms with E-state index in [1.807, 2.05) is 0 Å². The van der Waals surface area contributed by atoms with Gasteiger partial charge in [0, 0.05) is 9.13 Å². The average Bonchev–Trinajstić information content (AvgIpc) is 2.16. The largest absolute Gasteiger partial charge is 2.00 e. The standard InChI is InChI=1S/Ca.2H2NO5P2/c;2*1-5-8(4)6-7(2)3/h;2*1H2/q+2;2*+1. The molecule has 0 aromatic rings. The van der Waals surface area contributed by atoms with Gasteiger partial charge in [-0.15, -0.1) is 0 Å². The van der Waals surface area contributed by atoms with E-state index in [2.05, 4.69) is 29.7 Å². The predicted molar refractivity (Wildman–Crippen MR) is 48.9 cm³/mol. The van der Waals surface area contributed by atoms with Crippen LogP contribution in [0, 0.1) is 0 Å². The van der Waals surface area contributed by atoms with Gasteiger partial charge in [-0.05, 0) is 18.4 Å². The van der Waals surface area contributed by atoms with Gasteiger partial charge in [0.1, 0.15) is 8.62 Å². The number of rotatable bonds is 6. The summed E-state index contributed by atoms with van der Waals surface area (Å²) in [5.41, 5.74) is 0. The van der Waals surface area contributed by atoms with Gasteiger partial charge in [-0.25, -0.2) is 0 Å². The van der Waals surface area contributed by atoms with E-state index in [1.165, 1.54) is 0 Å². The van der Waals surface area contributed by atoms with E-state index in [4.69, 9.17) is 0 Å². The Bertz CT molecular complexity index is 251. The molecule has 0 aromatic heterocycles. The Hall–Kier alpha value is 1.34. The quantitative estimate of drug-likeness (QED) is 0.326. The van der Waals surface area contributed by atoms with E-state index in [0.29, 0.717) is 0 Å². The average molecular weight is 356 g/mol. The summed E-state index contributed by atoms with van der Waals surface area (Å²) in [4.78, 5) is 18.9. The van der Waals surface area contributed by atoms with Crippen LogP contribution in [0.2, 0.25) is 0 Å². The molecule has 0 aliphatic rings. The Morgan fingerprint density at radius 1 is 0.765 bits per heavy atom. The molecule has 0 heterocycles. The van der Waals surface area contributed by atoms with Crippen molar-refractivity contribution in [1.82, 2.24) is 0 Å². The fraction of sp³-hybridized carbons (Fsp3) is 0. The molecule has 0 radical (unpaired) electrons. The topological polar surface area (TPSA) is 203 Å². The van der Waals surface area contributed by atoms with Crippen LogP contribution in [0.1, 0.15) is 0 Å². The third kappa shape index (κ3) is 22.9. The Morgan fingerprint density at radius 2 is 1.00 bits per heavy atom. The van der Waals surface area contributed by atoms with Gasteiger partial charge in [0.15, 0.2) is 0 Å². The van der Waals surface area contributed by atoms with Crippen molar-refractivity contribution < 1.29 is 45.9 Å². The van der Waals surface area contributed by atoms with Gasteiger partial charge in [0.2, 0.25) is 0 Å². The zero-order valence-electron chi connectivity index (χ0n) is 7.73. The summed E-state index contributed by atoms with van der Waals surface area (Å²) in [7, 11) is -11.6. The van der Waals surface area contributed by atoms with Crippen LogP contribution >= 0.6 is 33.0 Å². The summed E-state index contributed by atoms with van der Waals surface area (Å²) in [5.74, 6) is 8.49. The Morgan fingerprint density at radius 3 is 1.06 bits per heavy atom. The molecule has 0 aromatic carbocycles. The van der Waals surface area contributed by atoms with Crippen LogP contribution in [0.15, 0.2) is 0 Å². The van der Waals surface area contributed by atoms with Crippen molar-refractivity contribution in [3.63, 3.8) is 0 Å². The Labute approximate surface area is 128 Å². The number of hydrogen-bond donors (Lipinski definition) is 2. The molecule has 0 fully saturated rings. The second kappa shape index (κ2) is 15.4. The SMILES string of the molecule is NO[P+](=O)O[P+](=O)[O-].NO[P+](=O)O[P+](=O)[O-].[Ca+2]. The van der Waals surface area contributed by atoms with Gasteiger partial charge >= 0.3 is 70.8 Å². The number of nitrogens with two attached hydrogens (primary N) is 2. The van der Waals surface area contributed by atoms with Gasteiger partial charge in [-0.1, -0.05) is 0 Å². The first kappa shape index (κ1) is 23.4. The molecule has 0 aliphatic carbocycles. The molecule has 0 spiro atoms. The second-order valence-corrected chi connectivity index (χ2v) is 4.79. The molecule has 17 heavy (non-hydrogen) atoms. The first-order valence-electron chi connectivity index (χ1n) is 2.66. The van der Waals surface area contributed by atoms with Crippen LogP contribution in [0.25, 0.3) is 0 Å². The third-order valence-corrected chi connectivity index (χ3v) is 2.92. The Balaban J connectivity index is -0.000000218. The van der Waals surface area contributed by atoms with Crippen LogP contribution in [0.4, 0.5) is 0 Å². The van der Waals surface area contributed by atoms with Crippen molar-refractivity contribution in [3.8, 4) is 0 Å². The van der Waals surface area contributed by atoms with Crippen molar-refractivity contribution in [2.75, 3.05) is 0 Å². The van der Waals surface area contributed by atoms with Crippen LogP contribution in [0.5, 0.6) is 0 Å². The summed E-state index contributed by atoms with van der Waals surface area (Å²) in [6, 6.07) is 0. The van der Waals surface area contributed by atoms with E-state index in [1.54, 1.807) is 0 Å². The molecule has 0 amide bonds. The normalized spacial score (nSPS) is 12.5. The van der Waals surface area contributed by atoms with Crippen molar-refractivity contribution in [3.05, 3.63) is 0 Å². The summed E-state index contributed by atoms with van der Waals surface area (Å²) < 4.78 is 52.5. The molecule has 4 N–H and O–H groups in total. The zero-order valence-corrected chi connectivity index (χ0v) is 13.5. The van der Waals surface area contributed by atoms with Crippen molar-refractivity contribution in [2.45, 2.75) is 0 Å². The van der Waals surface area contributed by atoms with E-state index >= 15 is 0 Å². The minimum Gasteiger partial charge on any atom is -0.563 e. The minimum absolute atomic E-state index is 0. The van der Waals surface area contributed by atoms with Gasteiger partial charge in [-0.2, -0.15) is 11.8 Å². The van der Waals surface area contributed by atoms with Crippen LogP contribution in [-0.2, 0) is 36.1 Å². The van der Waals surface area contributed by atoms with E-state index in [-0.39, 0.29) is 37.7 Å². The van der Waals surface area contributed by atoms with Crippen molar-refractivity contribution in [2.24, 2.45) is 11.8 Å². The molecular formula is H4CaN2O10P4+4. The fourth-order valence-electron chi connectivity index (χ4n) is 0.147. The third-order valence-electron chi connectivity index (χ3n) is 0.439. The maximum absolute atomic E-state index is 9.82. The van der Waals surface area contributed by atoms with Gasteiger partial charge in [-0.3, -0.25) is 0 Å². The molecule has 4 atom stereocenters. The van der Waals surface area contributed by atoms with Crippen LogP contribution in [0.3, 0.4) is 0 Å². The minimum atomic E-state index is -3.13. The Kier molecular flexibility index (Phi) is 21.2.